The van der Waals surface area contributed by atoms with Crippen molar-refractivity contribution in [2.45, 2.75) is 4.90 Å². The Morgan fingerprint density at radius 3 is 2.22 bits per heavy atom. The van der Waals surface area contributed by atoms with Crippen LogP contribution in [0.2, 0.25) is 0 Å². The lowest BCUT2D eigenvalue weighted by Gasteiger charge is -2.33. The summed E-state index contributed by atoms with van der Waals surface area (Å²) in [4.78, 5) is 26.0. The van der Waals surface area contributed by atoms with E-state index in [1.165, 1.54) is 30.7 Å². The lowest BCUT2D eigenvalue weighted by atomic mass is 10.3. The molecule has 11 heteroatoms. The van der Waals surface area contributed by atoms with Gasteiger partial charge in [-0.25, -0.2) is 13.2 Å². The van der Waals surface area contributed by atoms with Gasteiger partial charge in [-0.15, -0.1) is 0 Å². The molecule has 2 aromatic carbocycles. The second kappa shape index (κ2) is 10.4. The molecular formula is C21H26N4O6S. The summed E-state index contributed by atoms with van der Waals surface area (Å²) in [7, 11) is -0.797. The van der Waals surface area contributed by atoms with Crippen molar-refractivity contribution < 1.29 is 27.5 Å². The van der Waals surface area contributed by atoms with Crippen molar-refractivity contribution in [1.29, 1.82) is 0 Å². The normalized spacial score (nSPS) is 15.1. The minimum Gasteiger partial charge on any atom is -0.493 e. The van der Waals surface area contributed by atoms with E-state index in [9.17, 15) is 18.0 Å². The highest BCUT2D eigenvalue weighted by molar-refractivity contribution is 7.89. The highest BCUT2D eigenvalue weighted by Gasteiger charge is 2.30. The maximum atomic E-state index is 13.0. The van der Waals surface area contributed by atoms with Crippen LogP contribution >= 0.6 is 0 Å². The number of carbonyl (C=O) groups is 2. The van der Waals surface area contributed by atoms with Gasteiger partial charge < -0.3 is 14.8 Å². The third kappa shape index (κ3) is 5.75. The molecule has 0 bridgehead atoms. The molecule has 0 aromatic heterocycles. The van der Waals surface area contributed by atoms with E-state index in [1.54, 1.807) is 35.2 Å². The second-order valence-electron chi connectivity index (χ2n) is 7.07. The topological polar surface area (TPSA) is 117 Å². The summed E-state index contributed by atoms with van der Waals surface area (Å²) < 4.78 is 37.7. The number of anilines is 1. The number of ether oxygens (including phenoxy) is 2. The van der Waals surface area contributed by atoms with Crippen molar-refractivity contribution in [3.63, 3.8) is 0 Å². The minimum atomic E-state index is -3.72. The maximum Gasteiger partial charge on any atom is 0.325 e. The summed E-state index contributed by atoms with van der Waals surface area (Å²) in [6.45, 7) is 1.16. The number of rotatable bonds is 7. The third-order valence-electron chi connectivity index (χ3n) is 4.98. The Kier molecular flexibility index (Phi) is 7.67. The maximum absolute atomic E-state index is 13.0. The van der Waals surface area contributed by atoms with Crippen LogP contribution in [-0.2, 0) is 14.8 Å². The first-order valence-electron chi connectivity index (χ1n) is 9.94. The molecule has 1 aliphatic heterocycles. The largest absolute Gasteiger partial charge is 0.493 e. The molecular weight excluding hydrogens is 436 g/mol. The number of carbonyl (C=O) groups excluding carboxylic acids is 2. The number of methoxy groups -OCH3 is 2. The molecule has 0 saturated carbocycles. The number of nitrogens with one attached hydrogen (secondary N) is 2. The van der Waals surface area contributed by atoms with Crippen LogP contribution in [0.3, 0.4) is 0 Å². The van der Waals surface area contributed by atoms with Gasteiger partial charge in [0.1, 0.15) is 0 Å². The smallest absolute Gasteiger partial charge is 0.325 e. The van der Waals surface area contributed by atoms with Crippen LogP contribution in [0.25, 0.3) is 0 Å². The molecule has 1 heterocycles. The molecule has 1 saturated heterocycles. The number of sulfonamides is 1. The fraction of sp³-hybridized carbons (Fsp3) is 0.333. The first-order valence-corrected chi connectivity index (χ1v) is 11.4. The number of para-hydroxylation sites is 1. The van der Waals surface area contributed by atoms with Crippen LogP contribution in [-0.4, -0.2) is 76.5 Å². The van der Waals surface area contributed by atoms with E-state index in [4.69, 9.17) is 9.47 Å². The summed E-state index contributed by atoms with van der Waals surface area (Å²) in [5, 5.41) is 4.85. The van der Waals surface area contributed by atoms with Gasteiger partial charge in [0.2, 0.25) is 15.9 Å². The molecule has 32 heavy (non-hydrogen) atoms. The van der Waals surface area contributed by atoms with Crippen molar-refractivity contribution in [2.75, 3.05) is 52.3 Å². The fourth-order valence-corrected chi connectivity index (χ4v) is 4.75. The zero-order valence-electron chi connectivity index (χ0n) is 17.9. The Bertz CT molecular complexity index is 1050. The van der Waals surface area contributed by atoms with Crippen molar-refractivity contribution in [2.24, 2.45) is 0 Å². The van der Waals surface area contributed by atoms with Gasteiger partial charge in [0, 0.05) is 37.9 Å². The molecule has 172 valence electrons. The number of imide groups is 1. The van der Waals surface area contributed by atoms with Gasteiger partial charge in [-0.2, -0.15) is 4.31 Å². The Labute approximate surface area is 187 Å². The molecule has 1 aliphatic rings. The number of benzene rings is 2. The molecule has 0 spiro atoms. The molecule has 2 N–H and O–H groups in total. The van der Waals surface area contributed by atoms with Gasteiger partial charge >= 0.3 is 6.03 Å². The molecule has 10 nitrogen and oxygen atoms in total. The lowest BCUT2D eigenvalue weighted by molar-refractivity contribution is -0.121. The van der Waals surface area contributed by atoms with Gasteiger partial charge in [-0.1, -0.05) is 18.2 Å². The Balaban J connectivity index is 1.52. The second-order valence-corrected chi connectivity index (χ2v) is 9.00. The van der Waals surface area contributed by atoms with Gasteiger partial charge in [0.15, 0.2) is 11.5 Å². The van der Waals surface area contributed by atoms with Crippen molar-refractivity contribution >= 4 is 27.6 Å². The van der Waals surface area contributed by atoms with E-state index < -0.39 is 22.0 Å². The summed E-state index contributed by atoms with van der Waals surface area (Å²) in [6, 6.07) is 12.6. The van der Waals surface area contributed by atoms with E-state index in [-0.39, 0.29) is 24.5 Å². The fourth-order valence-electron chi connectivity index (χ4n) is 3.31. The Morgan fingerprint density at radius 1 is 0.938 bits per heavy atom. The number of urea groups is 1. The summed E-state index contributed by atoms with van der Waals surface area (Å²) in [6.07, 6.45) is 0. The lowest BCUT2D eigenvalue weighted by Crippen LogP contribution is -2.51. The Morgan fingerprint density at radius 2 is 1.59 bits per heavy atom. The number of amides is 3. The molecule has 2 aromatic rings. The van der Waals surface area contributed by atoms with Crippen LogP contribution in [0.4, 0.5) is 10.5 Å². The number of hydrogen-bond acceptors (Lipinski definition) is 7. The van der Waals surface area contributed by atoms with Gasteiger partial charge in [0.05, 0.1) is 25.7 Å². The predicted molar refractivity (Wildman–Crippen MR) is 118 cm³/mol. The van der Waals surface area contributed by atoms with E-state index >= 15 is 0 Å². The van der Waals surface area contributed by atoms with Crippen molar-refractivity contribution in [1.82, 2.24) is 14.5 Å². The Hall–Kier alpha value is -3.15. The van der Waals surface area contributed by atoms with Crippen LogP contribution in [0, 0.1) is 0 Å². The molecule has 3 rings (SSSR count). The first kappa shape index (κ1) is 23.5. The standard InChI is InChI=1S/C21H26N4O6S/c1-30-18-9-8-17(14-19(18)31-2)32(28,29)25-12-10-24(11-13-25)15-20(26)23-21(27)22-16-6-4-3-5-7-16/h3-9,14H,10-13,15H2,1-2H3,(H2,22,23,26,27). The number of nitrogens with zero attached hydrogens (tertiary/aromatic N) is 2. The van der Waals surface area contributed by atoms with Crippen molar-refractivity contribution in [3.05, 3.63) is 48.5 Å². The van der Waals surface area contributed by atoms with E-state index in [1.807, 2.05) is 6.07 Å². The molecule has 0 radical (unpaired) electrons. The van der Waals surface area contributed by atoms with Crippen LogP contribution in [0.1, 0.15) is 0 Å². The van der Waals surface area contributed by atoms with Gasteiger partial charge in [-0.05, 0) is 24.3 Å². The number of hydrogen-bond donors (Lipinski definition) is 2. The van der Waals surface area contributed by atoms with Crippen LogP contribution in [0.5, 0.6) is 11.5 Å². The molecule has 0 atom stereocenters. The van der Waals surface area contributed by atoms with Gasteiger partial charge in [0.25, 0.3) is 0 Å². The average molecular weight is 463 g/mol. The summed E-state index contributed by atoms with van der Waals surface area (Å²) >= 11 is 0. The predicted octanol–water partition coefficient (Wildman–Crippen LogP) is 1.36. The highest BCUT2D eigenvalue weighted by Crippen LogP contribution is 2.30. The monoisotopic (exact) mass is 462 g/mol. The molecule has 1 fully saturated rings. The minimum absolute atomic E-state index is 0.00748. The van der Waals surface area contributed by atoms with E-state index in [0.717, 1.165) is 0 Å². The molecule has 0 unspecified atom stereocenters. The zero-order chi connectivity index (χ0) is 23.1. The molecule has 3 amide bonds. The van der Waals surface area contributed by atoms with E-state index in [2.05, 4.69) is 10.6 Å². The summed E-state index contributed by atoms with van der Waals surface area (Å²) in [5.74, 6) is 0.311. The third-order valence-corrected chi connectivity index (χ3v) is 6.87. The SMILES string of the molecule is COc1ccc(S(=O)(=O)N2CCN(CC(=O)NC(=O)Nc3ccccc3)CC2)cc1OC. The summed E-state index contributed by atoms with van der Waals surface area (Å²) in [5.41, 5.74) is 0.576. The van der Waals surface area contributed by atoms with Crippen LogP contribution < -0.4 is 20.1 Å². The van der Waals surface area contributed by atoms with Crippen LogP contribution in [0.15, 0.2) is 53.4 Å². The quantitative estimate of drug-likeness (QED) is 0.638. The molecule has 0 aliphatic carbocycles. The zero-order valence-corrected chi connectivity index (χ0v) is 18.7. The first-order chi connectivity index (χ1) is 15.3. The van der Waals surface area contributed by atoms with Crippen molar-refractivity contribution in [3.8, 4) is 11.5 Å². The average Bonchev–Trinajstić information content (AvgIpc) is 2.79. The van der Waals surface area contributed by atoms with E-state index in [0.29, 0.717) is 30.3 Å². The number of piperazine rings is 1. The van der Waals surface area contributed by atoms with Gasteiger partial charge in [-0.3, -0.25) is 15.0 Å². The highest BCUT2D eigenvalue weighted by atomic mass is 32.2.